The molecule has 0 spiro atoms. The number of imide groups is 1. The van der Waals surface area contributed by atoms with Crippen LogP contribution in [-0.4, -0.2) is 51.7 Å². The quantitative estimate of drug-likeness (QED) is 0.247. The first-order valence-electron chi connectivity index (χ1n) is 13.2. The van der Waals surface area contributed by atoms with Crippen LogP contribution >= 0.6 is 0 Å². The summed E-state index contributed by atoms with van der Waals surface area (Å²) in [6.45, 7) is 10.1. The molecular weight excluding hydrogens is 560 g/mol. The van der Waals surface area contributed by atoms with E-state index in [0.717, 1.165) is 17.5 Å². The zero-order chi connectivity index (χ0) is 30.8. The molecule has 4 aromatic rings. The fraction of sp³-hybridized carbons (Fsp3) is 0.300. The maximum atomic E-state index is 13.0. The summed E-state index contributed by atoms with van der Waals surface area (Å²) < 4.78 is 36.1. The van der Waals surface area contributed by atoms with Crippen molar-refractivity contribution in [2.75, 3.05) is 4.90 Å². The van der Waals surface area contributed by atoms with Crippen LogP contribution in [0.4, 0.5) is 15.4 Å². The van der Waals surface area contributed by atoms with Gasteiger partial charge in [0.05, 0.1) is 21.4 Å². The summed E-state index contributed by atoms with van der Waals surface area (Å²) in [7, 11) is -3.53. The fourth-order valence-electron chi connectivity index (χ4n) is 3.96. The molecule has 0 unspecified atom stereocenters. The Morgan fingerprint density at radius 2 is 1.67 bits per heavy atom. The van der Waals surface area contributed by atoms with Gasteiger partial charge in [-0.1, -0.05) is 36.3 Å². The number of hydrogen-bond acceptors (Lipinski definition) is 9. The molecule has 42 heavy (non-hydrogen) atoms. The van der Waals surface area contributed by atoms with Crippen molar-refractivity contribution in [3.63, 3.8) is 0 Å². The monoisotopic (exact) mass is 592 g/mol. The topological polar surface area (TPSA) is 153 Å². The van der Waals surface area contributed by atoms with Gasteiger partial charge in [0.1, 0.15) is 11.3 Å². The number of hydrogen-bond donors (Lipinski definition) is 1. The molecule has 3 aromatic heterocycles. The Hall–Kier alpha value is -4.58. The van der Waals surface area contributed by atoms with Gasteiger partial charge in [0.15, 0.2) is 21.4 Å². The molecule has 4 rings (SSSR count). The summed E-state index contributed by atoms with van der Waals surface area (Å²) in [6.07, 6.45) is 0.712. The van der Waals surface area contributed by atoms with Gasteiger partial charge in [0.25, 0.3) is 0 Å². The van der Waals surface area contributed by atoms with Crippen LogP contribution < -0.4 is 4.90 Å². The lowest BCUT2D eigenvalue weighted by Gasteiger charge is -2.24. The summed E-state index contributed by atoms with van der Waals surface area (Å²) >= 11 is 0. The van der Waals surface area contributed by atoms with Crippen LogP contribution in [0.1, 0.15) is 47.1 Å². The highest BCUT2D eigenvalue weighted by molar-refractivity contribution is 7.92. The Morgan fingerprint density at radius 1 is 0.976 bits per heavy atom. The van der Waals surface area contributed by atoms with E-state index in [1.807, 2.05) is 24.3 Å². The Bertz CT molecular complexity index is 1710. The van der Waals surface area contributed by atoms with Gasteiger partial charge in [0, 0.05) is 29.6 Å². The first-order chi connectivity index (χ1) is 19.7. The summed E-state index contributed by atoms with van der Waals surface area (Å²) in [4.78, 5) is 34.4. The normalized spacial score (nSPS) is 11.9. The largest absolute Gasteiger partial charge is 0.464 e. The number of ether oxygens (including phenoxy) is 1. The van der Waals surface area contributed by atoms with Crippen molar-refractivity contribution in [1.82, 2.24) is 15.1 Å². The molecular formula is C30H32N4O7S. The number of aromatic nitrogens is 3. The second-order valence-electron chi connectivity index (χ2n) is 10.8. The molecule has 1 aromatic carbocycles. The third kappa shape index (κ3) is 6.49. The highest BCUT2D eigenvalue weighted by Gasteiger charge is 2.33. The minimum atomic E-state index is -3.53. The van der Waals surface area contributed by atoms with E-state index in [-0.39, 0.29) is 22.0 Å². The number of nitrogens with zero attached hydrogens (tertiary/aromatic N) is 4. The third-order valence-electron chi connectivity index (χ3n) is 6.26. The molecule has 0 saturated heterocycles. The number of amides is 2. The van der Waals surface area contributed by atoms with E-state index >= 15 is 0 Å². The van der Waals surface area contributed by atoms with Crippen LogP contribution in [-0.2, 0) is 21.0 Å². The Kier molecular flexibility index (Phi) is 8.48. The van der Waals surface area contributed by atoms with Crippen molar-refractivity contribution < 1.29 is 32.4 Å². The third-order valence-corrected chi connectivity index (χ3v) is 8.40. The lowest BCUT2D eigenvalue weighted by molar-refractivity contribution is 0.0581. The average Bonchev–Trinajstić information content (AvgIpc) is 3.42. The van der Waals surface area contributed by atoms with Gasteiger partial charge in [-0.15, -0.1) is 0 Å². The van der Waals surface area contributed by atoms with E-state index in [4.69, 9.17) is 9.26 Å². The van der Waals surface area contributed by atoms with Crippen molar-refractivity contribution in [3.05, 3.63) is 66.5 Å². The predicted octanol–water partition coefficient (Wildman–Crippen LogP) is 6.63. The molecule has 2 amide bonds. The lowest BCUT2D eigenvalue weighted by Crippen LogP contribution is -2.41. The van der Waals surface area contributed by atoms with E-state index < -0.39 is 32.9 Å². The number of sulfone groups is 1. The number of aryl methyl sites for hydroxylation is 1. The van der Waals surface area contributed by atoms with Crippen LogP contribution in [0, 0.1) is 0 Å². The van der Waals surface area contributed by atoms with E-state index in [2.05, 4.69) is 22.0 Å². The standard InChI is InChI=1S/C30H32N4O7S/c1-7-19-8-10-20(11-9-19)25-15-26(41-33-25)23-14-21(24-13-12-22(17-31-24)42(38,39)18(2)3)16-32-27(23)34(28(35)36)29(37)40-30(4,5)6/h8-18H,7H2,1-6H3,(H,35,36). The van der Waals surface area contributed by atoms with Gasteiger partial charge in [0.2, 0.25) is 0 Å². The van der Waals surface area contributed by atoms with Gasteiger partial charge in [-0.3, -0.25) is 4.98 Å². The molecule has 12 heteroatoms. The van der Waals surface area contributed by atoms with Crippen molar-refractivity contribution >= 4 is 27.8 Å². The number of carboxylic acid groups (broad SMARTS) is 1. The van der Waals surface area contributed by atoms with Crippen molar-refractivity contribution in [1.29, 1.82) is 0 Å². The Morgan fingerprint density at radius 3 is 2.21 bits per heavy atom. The molecule has 1 N–H and O–H groups in total. The zero-order valence-electron chi connectivity index (χ0n) is 24.2. The van der Waals surface area contributed by atoms with Crippen LogP contribution in [0.25, 0.3) is 33.8 Å². The van der Waals surface area contributed by atoms with Gasteiger partial charge >= 0.3 is 12.2 Å². The number of benzene rings is 1. The fourth-order valence-corrected chi connectivity index (χ4v) is 4.96. The second-order valence-corrected chi connectivity index (χ2v) is 13.3. The Balaban J connectivity index is 1.84. The molecule has 0 atom stereocenters. The number of pyridine rings is 2. The maximum Gasteiger partial charge on any atom is 0.425 e. The first-order valence-corrected chi connectivity index (χ1v) is 14.8. The number of carbonyl (C=O) groups excluding carboxylic acids is 1. The molecule has 0 aliphatic rings. The first kappa shape index (κ1) is 30.4. The summed E-state index contributed by atoms with van der Waals surface area (Å²) in [6, 6.07) is 13.9. The summed E-state index contributed by atoms with van der Waals surface area (Å²) in [5, 5.41) is 13.5. The SMILES string of the molecule is CCc1ccc(-c2cc(-c3cc(-c4ccc(S(=O)(=O)C(C)C)cn4)cnc3N(C(=O)O)C(=O)OC(C)(C)C)on2)cc1. The smallest absolute Gasteiger partial charge is 0.425 e. The summed E-state index contributed by atoms with van der Waals surface area (Å²) in [5.41, 5.74) is 2.36. The Labute approximate surface area is 244 Å². The van der Waals surface area contributed by atoms with Crippen molar-refractivity contribution in [2.24, 2.45) is 0 Å². The van der Waals surface area contributed by atoms with Crippen LogP contribution in [0.3, 0.4) is 0 Å². The molecule has 0 aliphatic heterocycles. The highest BCUT2D eigenvalue weighted by Crippen LogP contribution is 2.36. The van der Waals surface area contributed by atoms with E-state index in [0.29, 0.717) is 21.9 Å². The van der Waals surface area contributed by atoms with Crippen LogP contribution in [0.5, 0.6) is 0 Å². The van der Waals surface area contributed by atoms with Gasteiger partial charge in [-0.25, -0.2) is 23.0 Å². The summed E-state index contributed by atoms with van der Waals surface area (Å²) in [5.74, 6) is -0.119. The molecule has 0 saturated carbocycles. The van der Waals surface area contributed by atoms with Gasteiger partial charge in [-0.05, 0) is 64.8 Å². The predicted molar refractivity (Wildman–Crippen MR) is 157 cm³/mol. The van der Waals surface area contributed by atoms with Crippen molar-refractivity contribution in [3.8, 4) is 33.8 Å². The average molecular weight is 593 g/mol. The minimum Gasteiger partial charge on any atom is -0.464 e. The number of carbonyl (C=O) groups is 2. The van der Waals surface area contributed by atoms with Crippen LogP contribution in [0.15, 0.2) is 70.3 Å². The molecule has 0 bridgehead atoms. The maximum absolute atomic E-state index is 13.0. The van der Waals surface area contributed by atoms with E-state index in [1.54, 1.807) is 46.8 Å². The van der Waals surface area contributed by atoms with E-state index in [1.165, 1.54) is 24.5 Å². The number of anilines is 1. The lowest BCUT2D eigenvalue weighted by atomic mass is 10.1. The molecule has 0 fully saturated rings. The molecule has 3 heterocycles. The molecule has 0 aliphatic carbocycles. The molecule has 11 nitrogen and oxygen atoms in total. The molecule has 220 valence electrons. The highest BCUT2D eigenvalue weighted by atomic mass is 32.2. The number of rotatable bonds is 7. The molecule has 0 radical (unpaired) electrons. The van der Waals surface area contributed by atoms with Crippen LogP contribution in [0.2, 0.25) is 0 Å². The van der Waals surface area contributed by atoms with Gasteiger partial charge in [-0.2, -0.15) is 4.90 Å². The van der Waals surface area contributed by atoms with Crippen molar-refractivity contribution in [2.45, 2.75) is 63.7 Å². The van der Waals surface area contributed by atoms with Gasteiger partial charge < -0.3 is 14.4 Å². The van der Waals surface area contributed by atoms with E-state index in [9.17, 15) is 23.1 Å². The zero-order valence-corrected chi connectivity index (χ0v) is 25.0. The minimum absolute atomic E-state index is 0.0713. The second kappa shape index (κ2) is 11.7.